The lowest BCUT2D eigenvalue weighted by atomic mass is 10.1. The number of para-hydroxylation sites is 1. The molecule has 2 aromatic carbocycles. The summed E-state index contributed by atoms with van der Waals surface area (Å²) in [6.45, 7) is 3.33. The number of rotatable bonds is 5. The molecule has 1 aromatic heterocycles. The van der Waals surface area contributed by atoms with Gasteiger partial charge in [0.2, 0.25) is 0 Å². The predicted octanol–water partition coefficient (Wildman–Crippen LogP) is 6.10. The minimum Gasteiger partial charge on any atom is -0.376 e. The van der Waals surface area contributed by atoms with Crippen LogP contribution in [-0.2, 0) is 11.2 Å². The summed E-state index contributed by atoms with van der Waals surface area (Å²) in [5.41, 5.74) is 2.62. The molecular weight excluding hydrogens is 460 g/mol. The van der Waals surface area contributed by atoms with Crippen LogP contribution in [0, 0.1) is 0 Å². The van der Waals surface area contributed by atoms with E-state index >= 15 is 0 Å². The van der Waals surface area contributed by atoms with Crippen molar-refractivity contribution in [3.8, 4) is 0 Å². The monoisotopic (exact) mass is 478 g/mol. The second-order valence-corrected chi connectivity index (χ2v) is 9.12. The van der Waals surface area contributed by atoms with E-state index < -0.39 is 0 Å². The van der Waals surface area contributed by atoms with E-state index in [4.69, 9.17) is 21.3 Å². The Morgan fingerprint density at radius 3 is 3.00 bits per heavy atom. The molecule has 1 unspecified atom stereocenters. The van der Waals surface area contributed by atoms with Crippen LogP contribution >= 0.6 is 38.9 Å². The third-order valence-corrected chi connectivity index (χ3v) is 6.78. The van der Waals surface area contributed by atoms with Gasteiger partial charge in [-0.2, -0.15) is 0 Å². The van der Waals surface area contributed by atoms with Crippen LogP contribution in [0.25, 0.3) is 10.2 Å². The van der Waals surface area contributed by atoms with Crippen molar-refractivity contribution in [3.05, 3.63) is 57.0 Å². The maximum atomic E-state index is 13.5. The Kier molecular flexibility index (Phi) is 6.01. The quantitative estimate of drug-likeness (QED) is 0.444. The van der Waals surface area contributed by atoms with Crippen LogP contribution in [0.2, 0.25) is 5.02 Å². The number of aromatic nitrogens is 1. The molecule has 0 radical (unpaired) electrons. The maximum absolute atomic E-state index is 13.5. The van der Waals surface area contributed by atoms with Crippen LogP contribution in [0.1, 0.15) is 35.7 Å². The van der Waals surface area contributed by atoms with E-state index in [0.29, 0.717) is 22.3 Å². The van der Waals surface area contributed by atoms with Crippen molar-refractivity contribution in [2.24, 2.45) is 0 Å². The van der Waals surface area contributed by atoms with Gasteiger partial charge in [0.05, 0.1) is 33.5 Å². The Bertz CT molecular complexity index is 1020. The lowest BCUT2D eigenvalue weighted by Crippen LogP contribution is -2.37. The average molecular weight is 480 g/mol. The van der Waals surface area contributed by atoms with Gasteiger partial charge in [-0.15, -0.1) is 0 Å². The predicted molar refractivity (Wildman–Crippen MR) is 119 cm³/mol. The number of carbonyl (C=O) groups is 1. The molecule has 1 fully saturated rings. The molecular formula is C21H20BrClN2O2S. The number of carbonyl (C=O) groups excluding carboxylic acids is 1. The van der Waals surface area contributed by atoms with E-state index in [9.17, 15) is 4.79 Å². The molecule has 1 atom stereocenters. The first-order valence-electron chi connectivity index (χ1n) is 9.33. The highest BCUT2D eigenvalue weighted by atomic mass is 79.9. The summed E-state index contributed by atoms with van der Waals surface area (Å²) < 4.78 is 7.70. The molecule has 7 heteroatoms. The van der Waals surface area contributed by atoms with E-state index in [-0.39, 0.29) is 12.0 Å². The number of anilines is 1. The van der Waals surface area contributed by atoms with Crippen LogP contribution in [0.3, 0.4) is 0 Å². The lowest BCUT2D eigenvalue weighted by molar-refractivity contribution is 0.0917. The molecule has 146 valence electrons. The molecule has 4 rings (SSSR count). The number of nitrogens with zero attached hydrogens (tertiary/aromatic N) is 2. The van der Waals surface area contributed by atoms with Gasteiger partial charge >= 0.3 is 0 Å². The highest BCUT2D eigenvalue weighted by Crippen LogP contribution is 2.34. The third kappa shape index (κ3) is 3.96. The number of benzene rings is 2. The van der Waals surface area contributed by atoms with Crippen molar-refractivity contribution in [2.45, 2.75) is 32.3 Å². The van der Waals surface area contributed by atoms with Crippen LogP contribution < -0.4 is 4.90 Å². The second kappa shape index (κ2) is 8.49. The van der Waals surface area contributed by atoms with Gasteiger partial charge in [-0.3, -0.25) is 9.69 Å². The van der Waals surface area contributed by atoms with Crippen molar-refractivity contribution >= 4 is 60.1 Å². The summed E-state index contributed by atoms with van der Waals surface area (Å²) in [6, 6.07) is 11.5. The zero-order chi connectivity index (χ0) is 19.7. The molecule has 3 aromatic rings. The number of halogens is 2. The van der Waals surface area contributed by atoms with Crippen molar-refractivity contribution < 1.29 is 9.53 Å². The van der Waals surface area contributed by atoms with Gasteiger partial charge < -0.3 is 4.74 Å². The van der Waals surface area contributed by atoms with E-state index in [1.165, 1.54) is 16.9 Å². The van der Waals surface area contributed by atoms with Crippen LogP contribution in [0.15, 0.2) is 40.9 Å². The molecule has 1 aliphatic heterocycles. The van der Waals surface area contributed by atoms with E-state index in [1.807, 2.05) is 12.1 Å². The minimum absolute atomic E-state index is 0.0209. The molecule has 1 saturated heterocycles. The van der Waals surface area contributed by atoms with Gasteiger partial charge in [0.25, 0.3) is 5.91 Å². The van der Waals surface area contributed by atoms with Crippen molar-refractivity contribution in [3.63, 3.8) is 0 Å². The minimum atomic E-state index is -0.154. The summed E-state index contributed by atoms with van der Waals surface area (Å²) >= 11 is 11.3. The zero-order valence-electron chi connectivity index (χ0n) is 15.5. The summed E-state index contributed by atoms with van der Waals surface area (Å²) in [5, 5.41) is 1.12. The third-order valence-electron chi connectivity index (χ3n) is 4.92. The summed E-state index contributed by atoms with van der Waals surface area (Å²) in [5.74, 6) is -0.154. The largest absolute Gasteiger partial charge is 0.376 e. The fourth-order valence-corrected chi connectivity index (χ4v) is 5.02. The van der Waals surface area contributed by atoms with Crippen LogP contribution in [0.4, 0.5) is 5.13 Å². The van der Waals surface area contributed by atoms with Crippen molar-refractivity contribution in [1.29, 1.82) is 0 Å². The molecule has 2 heterocycles. The first kappa shape index (κ1) is 19.8. The Labute approximate surface area is 181 Å². The van der Waals surface area contributed by atoms with Gasteiger partial charge in [0, 0.05) is 11.1 Å². The molecule has 0 bridgehead atoms. The summed E-state index contributed by atoms with van der Waals surface area (Å²) in [6.07, 6.45) is 2.88. The molecule has 0 N–H and O–H groups in total. The van der Waals surface area contributed by atoms with Gasteiger partial charge in [0.1, 0.15) is 0 Å². The fourth-order valence-electron chi connectivity index (χ4n) is 3.44. The number of thiazole rings is 1. The highest BCUT2D eigenvalue weighted by Gasteiger charge is 2.28. The number of hydrogen-bond donors (Lipinski definition) is 0. The fraction of sp³-hybridized carbons (Fsp3) is 0.333. The molecule has 0 saturated carbocycles. The molecule has 28 heavy (non-hydrogen) atoms. The second-order valence-electron chi connectivity index (χ2n) is 6.79. The number of amides is 1. The van der Waals surface area contributed by atoms with E-state index in [2.05, 4.69) is 35.0 Å². The lowest BCUT2D eigenvalue weighted by Gasteiger charge is -2.23. The van der Waals surface area contributed by atoms with Gasteiger partial charge in [-0.1, -0.05) is 57.9 Å². The normalized spacial score (nSPS) is 16.6. The topological polar surface area (TPSA) is 42.4 Å². The molecule has 4 nitrogen and oxygen atoms in total. The first-order chi connectivity index (χ1) is 13.6. The molecule has 1 amide bonds. The Morgan fingerprint density at radius 2 is 2.25 bits per heavy atom. The van der Waals surface area contributed by atoms with E-state index in [0.717, 1.165) is 40.6 Å². The number of ether oxygens (including phenoxy) is 1. The number of aryl methyl sites for hydroxylation is 1. The smallest absolute Gasteiger partial charge is 0.261 e. The Balaban J connectivity index is 1.77. The van der Waals surface area contributed by atoms with Crippen molar-refractivity contribution in [1.82, 2.24) is 4.98 Å². The van der Waals surface area contributed by atoms with Crippen LogP contribution in [-0.4, -0.2) is 30.1 Å². The van der Waals surface area contributed by atoms with Crippen molar-refractivity contribution in [2.75, 3.05) is 18.1 Å². The maximum Gasteiger partial charge on any atom is 0.261 e. The Morgan fingerprint density at radius 1 is 1.39 bits per heavy atom. The highest BCUT2D eigenvalue weighted by molar-refractivity contribution is 9.10. The van der Waals surface area contributed by atoms with E-state index in [1.54, 1.807) is 17.0 Å². The van der Waals surface area contributed by atoms with Gasteiger partial charge in [-0.25, -0.2) is 4.98 Å². The SMILES string of the molecule is CCc1cccc2sc(N(CC3CCCO3)C(=O)c3cc(Br)ccc3Cl)nc12. The molecule has 0 aliphatic carbocycles. The van der Waals surface area contributed by atoms with Gasteiger partial charge in [-0.05, 0) is 49.1 Å². The number of hydrogen-bond acceptors (Lipinski definition) is 4. The van der Waals surface area contributed by atoms with Gasteiger partial charge in [0.15, 0.2) is 5.13 Å². The average Bonchev–Trinajstić information content (AvgIpc) is 3.36. The summed E-state index contributed by atoms with van der Waals surface area (Å²) in [4.78, 5) is 20.0. The molecule has 1 aliphatic rings. The standard InChI is InChI=1S/C21H20BrClN2O2S/c1-2-13-5-3-7-18-19(13)24-21(28-18)25(12-15-6-4-10-27-15)20(26)16-11-14(22)8-9-17(16)23/h3,5,7-9,11,15H,2,4,6,10,12H2,1H3. The summed E-state index contributed by atoms with van der Waals surface area (Å²) in [7, 11) is 0. The molecule has 0 spiro atoms. The Hall–Kier alpha value is -1.47. The zero-order valence-corrected chi connectivity index (χ0v) is 18.6. The first-order valence-corrected chi connectivity index (χ1v) is 11.3. The number of fused-ring (bicyclic) bond motifs is 1. The van der Waals surface area contributed by atoms with Crippen LogP contribution in [0.5, 0.6) is 0 Å².